The first-order valence-electron chi connectivity index (χ1n) is 8.78. The smallest absolute Gasteiger partial charge is 0.296 e. The van der Waals surface area contributed by atoms with Crippen LogP contribution in [0, 0.1) is 0 Å². The van der Waals surface area contributed by atoms with Crippen LogP contribution in [0.25, 0.3) is 5.76 Å². The van der Waals surface area contributed by atoms with Crippen molar-refractivity contribution in [2.24, 2.45) is 0 Å². The van der Waals surface area contributed by atoms with E-state index in [4.69, 9.17) is 27.6 Å². The van der Waals surface area contributed by atoms with Crippen molar-refractivity contribution >= 4 is 40.7 Å². The minimum Gasteiger partial charge on any atom is -0.507 e. The predicted octanol–water partition coefficient (Wildman–Crippen LogP) is 5.21. The SMILES string of the molecule is O=C1C(=O)N(Cc2ccco2)C(c2cccc(Cl)c2)/C1=C(/O)c1ccc(Cl)cc1. The highest BCUT2D eigenvalue weighted by molar-refractivity contribution is 6.46. The second kappa shape index (κ2) is 7.78. The molecule has 0 aliphatic carbocycles. The summed E-state index contributed by atoms with van der Waals surface area (Å²) in [5, 5.41) is 11.9. The largest absolute Gasteiger partial charge is 0.507 e. The summed E-state index contributed by atoms with van der Waals surface area (Å²) in [5.74, 6) is -1.24. The zero-order valence-electron chi connectivity index (χ0n) is 15.0. The number of furan rings is 1. The fourth-order valence-corrected chi connectivity index (χ4v) is 3.72. The van der Waals surface area contributed by atoms with Gasteiger partial charge in [0.25, 0.3) is 11.7 Å². The first kappa shape index (κ1) is 19.3. The van der Waals surface area contributed by atoms with Gasteiger partial charge in [-0.3, -0.25) is 9.59 Å². The molecule has 5 nitrogen and oxygen atoms in total. The van der Waals surface area contributed by atoms with E-state index >= 15 is 0 Å². The molecule has 0 bridgehead atoms. The summed E-state index contributed by atoms with van der Waals surface area (Å²) < 4.78 is 5.36. The van der Waals surface area contributed by atoms with E-state index in [-0.39, 0.29) is 17.9 Å². The van der Waals surface area contributed by atoms with Crippen LogP contribution in [-0.2, 0) is 16.1 Å². The van der Waals surface area contributed by atoms with Crippen LogP contribution in [0.2, 0.25) is 10.0 Å². The average Bonchev–Trinajstić information content (AvgIpc) is 3.30. The quantitative estimate of drug-likeness (QED) is 0.352. The van der Waals surface area contributed by atoms with Gasteiger partial charge in [-0.2, -0.15) is 0 Å². The first-order valence-corrected chi connectivity index (χ1v) is 9.53. The molecular formula is C22H15Cl2NO4. The lowest BCUT2D eigenvalue weighted by Crippen LogP contribution is -2.29. The van der Waals surface area contributed by atoms with Crippen LogP contribution < -0.4 is 0 Å². The number of benzene rings is 2. The van der Waals surface area contributed by atoms with Gasteiger partial charge in [0, 0.05) is 15.6 Å². The highest BCUT2D eigenvalue weighted by Crippen LogP contribution is 2.40. The molecule has 0 spiro atoms. The van der Waals surface area contributed by atoms with Gasteiger partial charge in [0.05, 0.1) is 24.4 Å². The second-order valence-electron chi connectivity index (χ2n) is 6.57. The summed E-state index contributed by atoms with van der Waals surface area (Å²) in [6, 6.07) is 15.8. The number of carbonyl (C=O) groups is 2. The van der Waals surface area contributed by atoms with Gasteiger partial charge in [0.1, 0.15) is 11.5 Å². The summed E-state index contributed by atoms with van der Waals surface area (Å²) in [5.41, 5.74) is 0.988. The third-order valence-electron chi connectivity index (χ3n) is 4.73. The Morgan fingerprint density at radius 3 is 2.41 bits per heavy atom. The maximum Gasteiger partial charge on any atom is 0.296 e. The maximum absolute atomic E-state index is 12.9. The Hall–Kier alpha value is -3.02. The van der Waals surface area contributed by atoms with Crippen LogP contribution in [0.15, 0.2) is 76.9 Å². The van der Waals surface area contributed by atoms with E-state index in [0.29, 0.717) is 26.9 Å². The highest BCUT2D eigenvalue weighted by Gasteiger charge is 2.46. The lowest BCUT2D eigenvalue weighted by Gasteiger charge is -2.24. The number of rotatable bonds is 4. The van der Waals surface area contributed by atoms with Crippen LogP contribution in [-0.4, -0.2) is 21.7 Å². The molecule has 29 heavy (non-hydrogen) atoms. The van der Waals surface area contributed by atoms with Crippen molar-refractivity contribution in [2.75, 3.05) is 0 Å². The number of amides is 1. The van der Waals surface area contributed by atoms with Crippen LogP contribution in [0.4, 0.5) is 0 Å². The first-order chi connectivity index (χ1) is 14.0. The number of nitrogens with zero attached hydrogens (tertiary/aromatic N) is 1. The fourth-order valence-electron chi connectivity index (χ4n) is 3.40. The van der Waals surface area contributed by atoms with Gasteiger partial charge in [-0.15, -0.1) is 0 Å². The molecule has 1 unspecified atom stereocenters. The fraction of sp³-hybridized carbons (Fsp3) is 0.0909. The standard InChI is InChI=1S/C22H15Cl2NO4/c23-15-8-6-13(7-9-15)20(26)18-19(14-3-1-4-16(24)11-14)25(22(28)21(18)27)12-17-5-2-10-29-17/h1-11,19,26H,12H2/b20-18-. The number of Topliss-reactive ketones (excluding diaryl/α,β-unsaturated/α-hetero) is 1. The molecule has 1 N–H and O–H groups in total. The summed E-state index contributed by atoms with van der Waals surface area (Å²) in [4.78, 5) is 27.1. The molecule has 0 radical (unpaired) electrons. The Kier molecular flexibility index (Phi) is 5.18. The monoisotopic (exact) mass is 427 g/mol. The number of halogens is 2. The number of aliphatic hydroxyl groups excluding tert-OH is 1. The molecule has 2 aromatic carbocycles. The Morgan fingerprint density at radius 2 is 1.76 bits per heavy atom. The predicted molar refractivity (Wildman–Crippen MR) is 109 cm³/mol. The van der Waals surface area contributed by atoms with Crippen LogP contribution >= 0.6 is 23.2 Å². The van der Waals surface area contributed by atoms with Crippen molar-refractivity contribution in [2.45, 2.75) is 12.6 Å². The summed E-state index contributed by atoms with van der Waals surface area (Å²) in [7, 11) is 0. The topological polar surface area (TPSA) is 70.8 Å². The molecule has 2 heterocycles. The summed E-state index contributed by atoms with van der Waals surface area (Å²) >= 11 is 12.1. The van der Waals surface area contributed by atoms with E-state index in [1.165, 1.54) is 11.2 Å². The average molecular weight is 428 g/mol. The van der Waals surface area contributed by atoms with Crippen LogP contribution in [0.3, 0.4) is 0 Å². The zero-order chi connectivity index (χ0) is 20.5. The molecule has 1 fully saturated rings. The molecule has 7 heteroatoms. The number of likely N-dealkylation sites (tertiary alicyclic amines) is 1. The molecule has 1 aliphatic heterocycles. The molecule has 3 aromatic rings. The van der Waals surface area contributed by atoms with E-state index in [9.17, 15) is 14.7 Å². The van der Waals surface area contributed by atoms with Gasteiger partial charge >= 0.3 is 0 Å². The van der Waals surface area contributed by atoms with E-state index in [2.05, 4.69) is 0 Å². The third-order valence-corrected chi connectivity index (χ3v) is 5.22. The zero-order valence-corrected chi connectivity index (χ0v) is 16.5. The van der Waals surface area contributed by atoms with Crippen molar-refractivity contribution in [3.05, 3.63) is 99.4 Å². The molecule has 0 saturated carbocycles. The molecule has 4 rings (SSSR count). The van der Waals surface area contributed by atoms with Gasteiger partial charge in [-0.25, -0.2) is 0 Å². The maximum atomic E-state index is 12.9. The van der Waals surface area contributed by atoms with Gasteiger partial charge in [-0.1, -0.05) is 35.3 Å². The molecule has 1 atom stereocenters. The van der Waals surface area contributed by atoms with E-state index in [0.717, 1.165) is 0 Å². The molecule has 1 aromatic heterocycles. The van der Waals surface area contributed by atoms with Gasteiger partial charge in [0.2, 0.25) is 0 Å². The molecular weight excluding hydrogens is 413 g/mol. The number of ketones is 1. The van der Waals surface area contributed by atoms with Crippen LogP contribution in [0.5, 0.6) is 0 Å². The number of hydrogen-bond donors (Lipinski definition) is 1. The Bertz CT molecular complexity index is 1100. The molecule has 1 amide bonds. The minimum absolute atomic E-state index is 0.00820. The highest BCUT2D eigenvalue weighted by atomic mass is 35.5. The van der Waals surface area contributed by atoms with Crippen molar-refractivity contribution < 1.29 is 19.1 Å². The summed E-state index contributed by atoms with van der Waals surface area (Å²) in [6.07, 6.45) is 1.49. The van der Waals surface area contributed by atoms with Crippen molar-refractivity contribution in [3.8, 4) is 0 Å². The minimum atomic E-state index is -0.811. The van der Waals surface area contributed by atoms with E-state index < -0.39 is 17.7 Å². The van der Waals surface area contributed by atoms with Crippen LogP contribution in [0.1, 0.15) is 22.9 Å². The lowest BCUT2D eigenvalue weighted by atomic mass is 9.95. The Morgan fingerprint density at radius 1 is 1.00 bits per heavy atom. The Balaban J connectivity index is 1.87. The van der Waals surface area contributed by atoms with E-state index in [1.807, 2.05) is 0 Å². The number of carbonyl (C=O) groups excluding carboxylic acids is 2. The molecule has 1 saturated heterocycles. The van der Waals surface area contributed by atoms with Crippen molar-refractivity contribution in [1.29, 1.82) is 0 Å². The molecule has 1 aliphatic rings. The summed E-state index contributed by atoms with van der Waals surface area (Å²) in [6.45, 7) is 0.0755. The lowest BCUT2D eigenvalue weighted by molar-refractivity contribution is -0.140. The van der Waals surface area contributed by atoms with Crippen molar-refractivity contribution in [3.63, 3.8) is 0 Å². The number of aliphatic hydroxyl groups is 1. The van der Waals surface area contributed by atoms with Gasteiger partial charge in [-0.05, 0) is 54.1 Å². The van der Waals surface area contributed by atoms with E-state index in [1.54, 1.807) is 60.7 Å². The van der Waals surface area contributed by atoms with Crippen molar-refractivity contribution in [1.82, 2.24) is 4.90 Å². The third kappa shape index (κ3) is 3.67. The van der Waals surface area contributed by atoms with Gasteiger partial charge < -0.3 is 14.4 Å². The Labute approximate surface area is 176 Å². The van der Waals surface area contributed by atoms with Gasteiger partial charge in [0.15, 0.2) is 0 Å². The second-order valence-corrected chi connectivity index (χ2v) is 7.44. The molecule has 146 valence electrons. The number of hydrogen-bond acceptors (Lipinski definition) is 4. The normalized spacial score (nSPS) is 18.4.